The maximum Gasteiger partial charge on any atom is 0.277 e. The Balaban J connectivity index is 0.00000288. The third-order valence-electron chi connectivity index (χ3n) is 4.99. The molecule has 25 heavy (non-hydrogen) atoms. The highest BCUT2D eigenvalue weighted by atomic mass is 31.2. The average molecular weight is 377 g/mol. The minimum atomic E-state index is -2.82. The molecule has 2 heterocycles. The molecule has 2 saturated heterocycles. The van der Waals surface area contributed by atoms with Gasteiger partial charge in [-0.15, -0.1) is 0 Å². The first-order valence-electron chi connectivity index (χ1n) is 9.27. The molecular weight excluding hydrogens is 331 g/mol. The summed E-state index contributed by atoms with van der Waals surface area (Å²) in [4.78, 5) is 2.63. The fraction of sp³-hybridized carbons (Fsp3) is 1.00. The van der Waals surface area contributed by atoms with E-state index in [1.165, 1.54) is 25.9 Å². The van der Waals surface area contributed by atoms with Gasteiger partial charge in [-0.1, -0.05) is 35.6 Å². The molecule has 2 fully saturated rings. The lowest BCUT2D eigenvalue weighted by Crippen LogP contribution is -2.45. The van der Waals surface area contributed by atoms with Crippen molar-refractivity contribution in [3.8, 4) is 0 Å². The molecule has 1 unspecified atom stereocenters. The van der Waals surface area contributed by atoms with Gasteiger partial charge < -0.3 is 9.42 Å². The van der Waals surface area contributed by atoms with Crippen molar-refractivity contribution in [3.05, 3.63) is 0 Å². The molecule has 0 spiro atoms. The Hall–Kier alpha value is 0.110. The van der Waals surface area contributed by atoms with E-state index >= 15 is 0 Å². The molecule has 2 rings (SSSR count). The summed E-state index contributed by atoms with van der Waals surface area (Å²) in [5.74, 6) is 0. The van der Waals surface area contributed by atoms with E-state index in [1.807, 2.05) is 0 Å². The Kier molecular flexibility index (Phi) is 9.39. The Bertz CT molecular complexity index is 426. The van der Waals surface area contributed by atoms with Crippen molar-refractivity contribution < 1.29 is 9.09 Å². The first-order valence-corrected chi connectivity index (χ1v) is 10.8. The standard InChI is InChI=1S/C18H37N2O2P.2CH4/c1-17(2,3)15-22-23(21,18(4,5)6)20-13-9-16(10-14-20)19-11-7-8-12-19;;/h16H,7-15H2,1-6H3;2*1H4. The lowest BCUT2D eigenvalue weighted by Gasteiger charge is -2.44. The molecule has 0 aromatic rings. The number of piperidine rings is 1. The van der Waals surface area contributed by atoms with Crippen LogP contribution in [0.4, 0.5) is 0 Å². The molecule has 2 aliphatic rings. The van der Waals surface area contributed by atoms with E-state index < -0.39 is 7.52 Å². The molecule has 0 aromatic carbocycles. The van der Waals surface area contributed by atoms with E-state index in [1.54, 1.807) is 0 Å². The Labute approximate surface area is 158 Å². The summed E-state index contributed by atoms with van der Waals surface area (Å²) >= 11 is 0. The molecule has 4 nitrogen and oxygen atoms in total. The van der Waals surface area contributed by atoms with Crippen LogP contribution in [-0.2, 0) is 9.09 Å². The highest BCUT2D eigenvalue weighted by Crippen LogP contribution is 2.62. The van der Waals surface area contributed by atoms with Crippen LogP contribution < -0.4 is 0 Å². The Morgan fingerprint density at radius 2 is 1.40 bits per heavy atom. The number of rotatable bonds is 4. The maximum absolute atomic E-state index is 13.8. The van der Waals surface area contributed by atoms with Gasteiger partial charge in [0.2, 0.25) is 0 Å². The van der Waals surface area contributed by atoms with Crippen LogP contribution in [0, 0.1) is 5.41 Å². The van der Waals surface area contributed by atoms with Gasteiger partial charge in [-0.25, -0.2) is 4.67 Å². The van der Waals surface area contributed by atoms with Crippen LogP contribution in [0.1, 0.15) is 82.1 Å². The number of hydrogen-bond donors (Lipinski definition) is 0. The second kappa shape index (κ2) is 9.35. The first-order chi connectivity index (χ1) is 10.5. The summed E-state index contributed by atoms with van der Waals surface area (Å²) in [6, 6.07) is 0.685. The molecule has 2 aliphatic heterocycles. The van der Waals surface area contributed by atoms with Gasteiger partial charge in [-0.05, 0) is 65.0 Å². The van der Waals surface area contributed by atoms with Gasteiger partial charge in [0.15, 0.2) is 0 Å². The third-order valence-corrected chi connectivity index (χ3v) is 8.31. The highest BCUT2D eigenvalue weighted by molar-refractivity contribution is 7.58. The quantitative estimate of drug-likeness (QED) is 0.574. The Morgan fingerprint density at radius 3 is 1.80 bits per heavy atom. The molecule has 0 N–H and O–H groups in total. The maximum atomic E-state index is 13.8. The Morgan fingerprint density at radius 1 is 0.920 bits per heavy atom. The van der Waals surface area contributed by atoms with Crippen LogP contribution in [0.15, 0.2) is 0 Å². The molecule has 0 aromatic heterocycles. The van der Waals surface area contributed by atoms with Crippen LogP contribution in [0.3, 0.4) is 0 Å². The van der Waals surface area contributed by atoms with Crippen molar-refractivity contribution >= 4 is 7.52 Å². The zero-order valence-electron chi connectivity index (χ0n) is 16.1. The summed E-state index contributed by atoms with van der Waals surface area (Å²) in [5, 5.41) is -0.335. The summed E-state index contributed by atoms with van der Waals surface area (Å²) in [6.45, 7) is 17.4. The summed E-state index contributed by atoms with van der Waals surface area (Å²) in [5.41, 5.74) is 0.0365. The van der Waals surface area contributed by atoms with E-state index in [2.05, 4.69) is 51.1 Å². The van der Waals surface area contributed by atoms with Gasteiger partial charge >= 0.3 is 0 Å². The second-order valence-electron chi connectivity index (χ2n) is 9.45. The molecular formula is C20H45N2O2P. The largest absolute Gasteiger partial charge is 0.316 e. The molecule has 0 aliphatic carbocycles. The van der Waals surface area contributed by atoms with Crippen molar-refractivity contribution in [1.29, 1.82) is 0 Å². The van der Waals surface area contributed by atoms with Gasteiger partial charge in [0.25, 0.3) is 7.52 Å². The van der Waals surface area contributed by atoms with Crippen LogP contribution in [0.25, 0.3) is 0 Å². The zero-order valence-corrected chi connectivity index (χ0v) is 17.0. The van der Waals surface area contributed by atoms with Crippen molar-refractivity contribution in [2.75, 3.05) is 32.8 Å². The van der Waals surface area contributed by atoms with Gasteiger partial charge in [0.05, 0.1) is 11.8 Å². The molecule has 0 bridgehead atoms. The van der Waals surface area contributed by atoms with E-state index in [-0.39, 0.29) is 25.4 Å². The molecule has 1 atom stereocenters. The third kappa shape index (κ3) is 6.34. The molecule has 0 radical (unpaired) electrons. The van der Waals surface area contributed by atoms with Crippen molar-refractivity contribution in [2.24, 2.45) is 5.41 Å². The van der Waals surface area contributed by atoms with Gasteiger partial charge in [-0.2, -0.15) is 0 Å². The normalized spacial score (nSPS) is 23.6. The summed E-state index contributed by atoms with van der Waals surface area (Å²) < 4.78 is 22.1. The van der Waals surface area contributed by atoms with Gasteiger partial charge in [0.1, 0.15) is 0 Å². The SMILES string of the molecule is C.C.CC(C)(C)COP(=O)(N1CCC(N2CCCC2)CC1)C(C)(C)C. The lowest BCUT2D eigenvalue weighted by molar-refractivity contribution is 0.133. The highest BCUT2D eigenvalue weighted by Gasteiger charge is 2.45. The topological polar surface area (TPSA) is 32.8 Å². The zero-order chi connectivity index (χ0) is 17.3. The summed E-state index contributed by atoms with van der Waals surface area (Å²) in [6.07, 6.45) is 4.93. The van der Waals surface area contributed by atoms with Crippen molar-refractivity contribution in [1.82, 2.24) is 9.57 Å². The number of likely N-dealkylation sites (tertiary alicyclic amines) is 1. The average Bonchev–Trinajstić information content (AvgIpc) is 2.97. The lowest BCUT2D eigenvalue weighted by atomic mass is 9.99. The predicted molar refractivity (Wildman–Crippen MR) is 112 cm³/mol. The first kappa shape index (κ1) is 25.1. The monoisotopic (exact) mass is 376 g/mol. The smallest absolute Gasteiger partial charge is 0.277 e. The van der Waals surface area contributed by atoms with Gasteiger partial charge in [0, 0.05) is 19.1 Å². The molecule has 5 heteroatoms. The molecule has 152 valence electrons. The fourth-order valence-corrected chi connectivity index (χ4v) is 6.29. The second-order valence-corrected chi connectivity index (χ2v) is 12.7. The van der Waals surface area contributed by atoms with Crippen LogP contribution in [0.5, 0.6) is 0 Å². The van der Waals surface area contributed by atoms with E-state index in [4.69, 9.17) is 4.52 Å². The van der Waals surface area contributed by atoms with E-state index in [0.29, 0.717) is 12.6 Å². The van der Waals surface area contributed by atoms with Crippen LogP contribution in [-0.4, -0.2) is 53.6 Å². The van der Waals surface area contributed by atoms with Crippen LogP contribution in [0.2, 0.25) is 0 Å². The van der Waals surface area contributed by atoms with Gasteiger partial charge in [-0.3, -0.25) is 4.57 Å². The van der Waals surface area contributed by atoms with Crippen molar-refractivity contribution in [3.63, 3.8) is 0 Å². The minimum absolute atomic E-state index is 0. The summed E-state index contributed by atoms with van der Waals surface area (Å²) in [7, 11) is -2.82. The van der Waals surface area contributed by atoms with E-state index in [9.17, 15) is 4.57 Å². The molecule has 0 amide bonds. The number of hydrogen-bond acceptors (Lipinski definition) is 3. The predicted octanol–water partition coefficient (Wildman–Crippen LogP) is 5.87. The minimum Gasteiger partial charge on any atom is -0.316 e. The van der Waals surface area contributed by atoms with Crippen molar-refractivity contribution in [2.45, 2.75) is 93.3 Å². The number of nitrogens with zero attached hydrogens (tertiary/aromatic N) is 2. The fourth-order valence-electron chi connectivity index (χ4n) is 3.57. The van der Waals surface area contributed by atoms with E-state index in [0.717, 1.165) is 25.9 Å². The van der Waals surface area contributed by atoms with Crippen LogP contribution >= 0.6 is 7.52 Å². The molecule has 0 saturated carbocycles.